The van der Waals surface area contributed by atoms with Gasteiger partial charge in [-0.05, 0) is 24.3 Å². The smallest absolute Gasteiger partial charge is 0.0953 e. The maximum absolute atomic E-state index is 5.81. The van der Waals surface area contributed by atoms with Crippen molar-refractivity contribution in [2.24, 2.45) is 5.73 Å². The molecule has 2 aromatic heterocycles. The molecule has 0 unspecified atom stereocenters. The molecule has 2 aromatic rings. The van der Waals surface area contributed by atoms with Crippen molar-refractivity contribution in [3.8, 4) is 11.3 Å². The predicted molar refractivity (Wildman–Crippen MR) is 61.8 cm³/mol. The zero-order valence-electron chi connectivity index (χ0n) is 8.34. The highest BCUT2D eigenvalue weighted by Gasteiger charge is 2.28. The number of thiophene rings is 1. The lowest BCUT2D eigenvalue weighted by atomic mass is 9.87. The van der Waals surface area contributed by atoms with Crippen LogP contribution in [-0.4, -0.2) is 15.6 Å². The van der Waals surface area contributed by atoms with Gasteiger partial charge in [-0.25, -0.2) is 4.98 Å². The average Bonchev–Trinajstić information content (AvgIpc) is 2.82. The molecule has 15 heavy (non-hydrogen) atoms. The van der Waals surface area contributed by atoms with Gasteiger partial charge in [0.2, 0.25) is 0 Å². The third-order valence-corrected chi connectivity index (χ3v) is 3.71. The fraction of sp³-hybridized carbons (Fsp3) is 0.364. The maximum atomic E-state index is 5.81. The van der Waals surface area contributed by atoms with E-state index in [1.165, 1.54) is 11.3 Å². The van der Waals surface area contributed by atoms with E-state index >= 15 is 0 Å². The molecule has 0 aromatic carbocycles. The molecule has 0 atom stereocenters. The lowest BCUT2D eigenvalue weighted by Gasteiger charge is -2.34. The van der Waals surface area contributed by atoms with Crippen molar-refractivity contribution in [1.29, 1.82) is 0 Å². The van der Waals surface area contributed by atoms with Crippen LogP contribution in [-0.2, 0) is 0 Å². The quantitative estimate of drug-likeness (QED) is 0.842. The minimum atomic E-state index is 0.382. The lowest BCUT2D eigenvalue weighted by Crippen LogP contribution is -2.37. The monoisotopic (exact) mass is 219 g/mol. The molecule has 78 valence electrons. The van der Waals surface area contributed by atoms with Gasteiger partial charge in [0, 0.05) is 23.0 Å². The highest BCUT2D eigenvalue weighted by molar-refractivity contribution is 7.08. The van der Waals surface area contributed by atoms with E-state index in [1.807, 2.05) is 12.5 Å². The summed E-state index contributed by atoms with van der Waals surface area (Å²) in [6.45, 7) is 0. The molecular formula is C11H13N3S. The molecule has 0 amide bonds. The molecule has 0 radical (unpaired) electrons. The zero-order valence-corrected chi connectivity index (χ0v) is 9.15. The minimum absolute atomic E-state index is 0.382. The van der Waals surface area contributed by atoms with E-state index in [0.29, 0.717) is 12.1 Å². The molecule has 0 spiro atoms. The van der Waals surface area contributed by atoms with Crippen molar-refractivity contribution in [3.05, 3.63) is 29.4 Å². The van der Waals surface area contributed by atoms with E-state index < -0.39 is 0 Å². The van der Waals surface area contributed by atoms with Crippen LogP contribution < -0.4 is 5.73 Å². The normalized spacial score (nSPS) is 25.1. The van der Waals surface area contributed by atoms with Crippen molar-refractivity contribution in [2.45, 2.75) is 24.9 Å². The Labute approximate surface area is 92.6 Å². The van der Waals surface area contributed by atoms with Crippen LogP contribution >= 0.6 is 11.3 Å². The van der Waals surface area contributed by atoms with E-state index in [-0.39, 0.29) is 0 Å². The molecular weight excluding hydrogens is 206 g/mol. The summed E-state index contributed by atoms with van der Waals surface area (Å²) < 4.78 is 2.26. The second-order valence-electron chi connectivity index (χ2n) is 4.08. The number of hydrogen-bond donors (Lipinski definition) is 1. The number of rotatable bonds is 2. The van der Waals surface area contributed by atoms with Gasteiger partial charge in [0.1, 0.15) is 0 Å². The summed E-state index contributed by atoms with van der Waals surface area (Å²) >= 11 is 1.72. The summed E-state index contributed by atoms with van der Waals surface area (Å²) in [7, 11) is 0. The molecule has 4 heteroatoms. The molecule has 1 aliphatic carbocycles. The van der Waals surface area contributed by atoms with E-state index in [4.69, 9.17) is 5.73 Å². The van der Waals surface area contributed by atoms with Crippen LogP contribution in [0, 0.1) is 0 Å². The molecule has 0 saturated heterocycles. The van der Waals surface area contributed by atoms with Crippen molar-refractivity contribution in [3.63, 3.8) is 0 Å². The number of hydrogen-bond acceptors (Lipinski definition) is 3. The van der Waals surface area contributed by atoms with Crippen molar-refractivity contribution < 1.29 is 0 Å². The van der Waals surface area contributed by atoms with Crippen molar-refractivity contribution >= 4 is 11.3 Å². The Bertz CT molecular complexity index is 440. The molecule has 2 heterocycles. The van der Waals surface area contributed by atoms with Crippen LogP contribution in [0.4, 0.5) is 0 Å². The average molecular weight is 219 g/mol. The zero-order chi connectivity index (χ0) is 10.3. The number of nitrogens with zero attached hydrogens (tertiary/aromatic N) is 2. The Kier molecular flexibility index (Phi) is 2.11. The molecule has 0 bridgehead atoms. The van der Waals surface area contributed by atoms with E-state index in [2.05, 4.69) is 26.4 Å². The standard InChI is InChI=1S/C11H13N3S/c12-9-3-10(4-9)14-7-13-5-11(14)8-1-2-15-6-8/h1-2,5-7,9-10H,3-4,12H2. The Balaban J connectivity index is 1.93. The molecule has 3 rings (SSSR count). The predicted octanol–water partition coefficient (Wildman–Crippen LogP) is 2.27. The Morgan fingerprint density at radius 3 is 3.00 bits per heavy atom. The Hall–Kier alpha value is -1.13. The van der Waals surface area contributed by atoms with Gasteiger partial charge >= 0.3 is 0 Å². The van der Waals surface area contributed by atoms with Gasteiger partial charge < -0.3 is 10.3 Å². The largest absolute Gasteiger partial charge is 0.328 e. The van der Waals surface area contributed by atoms with Gasteiger partial charge in [-0.1, -0.05) is 0 Å². The highest BCUT2D eigenvalue weighted by Crippen LogP contribution is 2.34. The van der Waals surface area contributed by atoms with Crippen LogP contribution in [0.15, 0.2) is 29.4 Å². The molecule has 2 N–H and O–H groups in total. The highest BCUT2D eigenvalue weighted by atomic mass is 32.1. The van der Waals surface area contributed by atoms with Gasteiger partial charge in [-0.3, -0.25) is 0 Å². The SMILES string of the molecule is NC1CC(n2cncc2-c2ccsc2)C1. The first-order valence-corrected chi connectivity index (χ1v) is 6.09. The van der Waals surface area contributed by atoms with E-state index in [0.717, 1.165) is 12.8 Å². The number of nitrogens with two attached hydrogens (primary N) is 1. The van der Waals surface area contributed by atoms with Gasteiger partial charge in [0.25, 0.3) is 0 Å². The topological polar surface area (TPSA) is 43.8 Å². The second kappa shape index (κ2) is 3.47. The summed E-state index contributed by atoms with van der Waals surface area (Å²) in [5, 5.41) is 4.26. The van der Waals surface area contributed by atoms with Gasteiger partial charge in [-0.2, -0.15) is 11.3 Å². The molecule has 1 fully saturated rings. The Morgan fingerprint density at radius 1 is 1.47 bits per heavy atom. The fourth-order valence-electron chi connectivity index (χ4n) is 2.09. The van der Waals surface area contributed by atoms with Crippen LogP contribution in [0.2, 0.25) is 0 Å². The lowest BCUT2D eigenvalue weighted by molar-refractivity contribution is 0.268. The summed E-state index contributed by atoms with van der Waals surface area (Å²) in [4.78, 5) is 4.23. The van der Waals surface area contributed by atoms with Gasteiger partial charge in [0.15, 0.2) is 0 Å². The first-order valence-electron chi connectivity index (χ1n) is 5.14. The third-order valence-electron chi connectivity index (χ3n) is 3.03. The molecule has 1 aliphatic rings. The minimum Gasteiger partial charge on any atom is -0.328 e. The maximum Gasteiger partial charge on any atom is 0.0953 e. The van der Waals surface area contributed by atoms with Crippen LogP contribution in [0.3, 0.4) is 0 Å². The summed E-state index contributed by atoms with van der Waals surface area (Å²) in [5.41, 5.74) is 8.29. The first kappa shape index (κ1) is 9.12. The van der Waals surface area contributed by atoms with Crippen molar-refractivity contribution in [1.82, 2.24) is 9.55 Å². The van der Waals surface area contributed by atoms with Crippen LogP contribution in [0.5, 0.6) is 0 Å². The third kappa shape index (κ3) is 1.50. The van der Waals surface area contributed by atoms with Crippen molar-refractivity contribution in [2.75, 3.05) is 0 Å². The number of imidazole rings is 1. The first-order chi connectivity index (χ1) is 7.34. The van der Waals surface area contributed by atoms with Gasteiger partial charge in [0.05, 0.1) is 18.2 Å². The molecule has 3 nitrogen and oxygen atoms in total. The number of aromatic nitrogens is 2. The second-order valence-corrected chi connectivity index (χ2v) is 4.86. The summed E-state index contributed by atoms with van der Waals surface area (Å²) in [6.07, 6.45) is 6.01. The molecule has 1 saturated carbocycles. The van der Waals surface area contributed by atoms with E-state index in [1.54, 1.807) is 11.3 Å². The Morgan fingerprint density at radius 2 is 2.33 bits per heavy atom. The van der Waals surface area contributed by atoms with E-state index in [9.17, 15) is 0 Å². The summed E-state index contributed by atoms with van der Waals surface area (Å²) in [6, 6.07) is 3.07. The van der Waals surface area contributed by atoms with Crippen LogP contribution in [0.25, 0.3) is 11.3 Å². The summed E-state index contributed by atoms with van der Waals surface area (Å²) in [5.74, 6) is 0. The molecule has 0 aliphatic heterocycles. The van der Waals surface area contributed by atoms with Crippen LogP contribution in [0.1, 0.15) is 18.9 Å². The fourth-order valence-corrected chi connectivity index (χ4v) is 2.74. The van der Waals surface area contributed by atoms with Gasteiger partial charge in [-0.15, -0.1) is 0 Å².